The zero-order chi connectivity index (χ0) is 24.2. The summed E-state index contributed by atoms with van der Waals surface area (Å²) in [5, 5.41) is 9.73. The summed E-state index contributed by atoms with van der Waals surface area (Å²) in [4.78, 5) is 56.7. The standard InChI is InChI=1S/C15H18ClN5O9S2/c1-6(2)30-20-10(8-5-31-15(17-8)18-9(23)4-16)12(24)19-11-13(25)21(32(26,27)28)14(11)29-7(3)22/h5-6,11,14H,4H2,1-3H3,(H,19,24)(H,17,18,23)(H,26,27,28)/t11-,14+/m1/s1. The van der Waals surface area contributed by atoms with Gasteiger partial charge >= 0.3 is 16.3 Å². The molecule has 3 amide bonds. The van der Waals surface area contributed by atoms with E-state index in [1.807, 2.05) is 0 Å². The number of hydrogen-bond donors (Lipinski definition) is 3. The maximum absolute atomic E-state index is 12.8. The van der Waals surface area contributed by atoms with Gasteiger partial charge in [-0.3, -0.25) is 23.7 Å². The average Bonchev–Trinajstić information content (AvgIpc) is 3.12. The van der Waals surface area contributed by atoms with Crippen molar-refractivity contribution in [1.82, 2.24) is 14.6 Å². The minimum Gasteiger partial charge on any atom is -0.438 e. The Morgan fingerprint density at radius 1 is 1.41 bits per heavy atom. The van der Waals surface area contributed by atoms with Crippen LogP contribution >= 0.6 is 22.9 Å². The molecule has 0 spiro atoms. The van der Waals surface area contributed by atoms with Gasteiger partial charge in [0.05, 0.1) is 0 Å². The predicted octanol–water partition coefficient (Wildman–Crippen LogP) is -0.531. The minimum atomic E-state index is -5.04. The molecule has 14 nitrogen and oxygen atoms in total. The van der Waals surface area contributed by atoms with E-state index < -0.39 is 58.1 Å². The van der Waals surface area contributed by atoms with Crippen molar-refractivity contribution in [3.8, 4) is 0 Å². The zero-order valence-electron chi connectivity index (χ0n) is 16.8. The second-order valence-corrected chi connectivity index (χ2v) is 8.79. The molecule has 2 atom stereocenters. The van der Waals surface area contributed by atoms with Crippen LogP contribution in [0.1, 0.15) is 26.5 Å². The van der Waals surface area contributed by atoms with Crippen LogP contribution in [0.2, 0.25) is 0 Å². The van der Waals surface area contributed by atoms with Crippen LogP contribution in [-0.2, 0) is 39.1 Å². The Bertz CT molecular complexity index is 1060. The molecule has 0 aromatic carbocycles. The molecule has 1 saturated heterocycles. The van der Waals surface area contributed by atoms with Crippen LogP contribution in [0.3, 0.4) is 0 Å². The summed E-state index contributed by atoms with van der Waals surface area (Å²) >= 11 is 6.37. The highest BCUT2D eigenvalue weighted by Crippen LogP contribution is 2.25. The molecule has 2 heterocycles. The van der Waals surface area contributed by atoms with Crippen LogP contribution in [0.25, 0.3) is 0 Å². The molecule has 32 heavy (non-hydrogen) atoms. The van der Waals surface area contributed by atoms with Gasteiger partial charge in [-0.2, -0.15) is 12.7 Å². The fraction of sp³-hybridized carbons (Fsp3) is 0.467. The van der Waals surface area contributed by atoms with Gasteiger partial charge in [0.2, 0.25) is 12.1 Å². The van der Waals surface area contributed by atoms with Crippen molar-refractivity contribution in [3.63, 3.8) is 0 Å². The lowest BCUT2D eigenvalue weighted by molar-refractivity contribution is -0.178. The number of ether oxygens (including phenoxy) is 1. The molecule has 0 saturated carbocycles. The topological polar surface area (TPSA) is 194 Å². The first-order valence-corrected chi connectivity index (χ1v) is 11.5. The number of halogens is 1. The fourth-order valence-electron chi connectivity index (χ4n) is 2.27. The predicted molar refractivity (Wildman–Crippen MR) is 110 cm³/mol. The van der Waals surface area contributed by atoms with Crippen LogP contribution in [0.15, 0.2) is 10.5 Å². The maximum Gasteiger partial charge on any atom is 0.365 e. The number of amides is 3. The van der Waals surface area contributed by atoms with Crippen LogP contribution in [-0.4, -0.2) is 75.9 Å². The van der Waals surface area contributed by atoms with Gasteiger partial charge in [-0.05, 0) is 13.8 Å². The van der Waals surface area contributed by atoms with Gasteiger partial charge in [0.1, 0.15) is 17.7 Å². The van der Waals surface area contributed by atoms with Crippen LogP contribution in [0.5, 0.6) is 0 Å². The first kappa shape index (κ1) is 25.4. The number of carbonyl (C=O) groups excluding carboxylic acids is 4. The summed E-state index contributed by atoms with van der Waals surface area (Å²) in [6, 6.07) is -1.63. The number of rotatable bonds is 9. The highest BCUT2D eigenvalue weighted by Gasteiger charge is 2.56. The summed E-state index contributed by atoms with van der Waals surface area (Å²) in [7, 11) is -5.04. The van der Waals surface area contributed by atoms with Crippen LogP contribution in [0, 0.1) is 0 Å². The van der Waals surface area contributed by atoms with Crippen LogP contribution in [0.4, 0.5) is 5.13 Å². The molecule has 17 heteroatoms. The second-order valence-electron chi connectivity index (χ2n) is 6.38. The number of esters is 1. The zero-order valence-corrected chi connectivity index (χ0v) is 19.2. The Morgan fingerprint density at radius 2 is 2.06 bits per heavy atom. The number of nitrogens with zero attached hydrogens (tertiary/aromatic N) is 3. The molecule has 2 rings (SSSR count). The SMILES string of the molecule is CC(=O)O[C@H]1[C@H](NC(=O)C(=NOC(C)C)c2csc(NC(=O)CCl)n2)C(=O)N1S(=O)(=O)O. The fourth-order valence-corrected chi connectivity index (χ4v) is 3.81. The van der Waals surface area contributed by atoms with Gasteiger partial charge < -0.3 is 20.2 Å². The Morgan fingerprint density at radius 3 is 2.59 bits per heavy atom. The number of β-lactam (4-membered cyclic amide) rings is 1. The van der Waals surface area contributed by atoms with E-state index in [2.05, 4.69) is 20.8 Å². The average molecular weight is 512 g/mol. The van der Waals surface area contributed by atoms with Crippen molar-refractivity contribution in [3.05, 3.63) is 11.1 Å². The van der Waals surface area contributed by atoms with Crippen molar-refractivity contribution in [2.75, 3.05) is 11.2 Å². The Labute approximate surface area is 190 Å². The third kappa shape index (κ3) is 6.12. The van der Waals surface area contributed by atoms with E-state index in [1.54, 1.807) is 13.8 Å². The van der Waals surface area contributed by atoms with Crippen molar-refractivity contribution in [1.29, 1.82) is 0 Å². The minimum absolute atomic E-state index is 0.0412. The number of hydrogen-bond acceptors (Lipinski definition) is 11. The number of aromatic nitrogens is 1. The largest absolute Gasteiger partial charge is 0.438 e. The lowest BCUT2D eigenvalue weighted by Crippen LogP contribution is -2.73. The number of oxime groups is 1. The Kier molecular flexibility index (Phi) is 8.11. The van der Waals surface area contributed by atoms with Gasteiger partial charge in [0.25, 0.3) is 11.8 Å². The smallest absolute Gasteiger partial charge is 0.365 e. The third-order valence-corrected chi connectivity index (χ3v) is 5.39. The second kappa shape index (κ2) is 10.2. The molecule has 176 valence electrons. The summed E-state index contributed by atoms with van der Waals surface area (Å²) in [6.45, 7) is 4.20. The molecule has 1 fully saturated rings. The molecule has 0 bridgehead atoms. The lowest BCUT2D eigenvalue weighted by atomic mass is 10.1. The molecular formula is C15H18ClN5O9S2. The van der Waals surface area contributed by atoms with Gasteiger partial charge in [0.15, 0.2) is 16.9 Å². The normalized spacial score (nSPS) is 18.8. The maximum atomic E-state index is 12.8. The van der Waals surface area contributed by atoms with E-state index in [1.165, 1.54) is 5.38 Å². The first-order valence-electron chi connectivity index (χ1n) is 8.69. The Balaban J connectivity index is 2.28. The van der Waals surface area contributed by atoms with E-state index in [0.717, 1.165) is 18.3 Å². The third-order valence-electron chi connectivity index (χ3n) is 3.51. The lowest BCUT2D eigenvalue weighted by Gasteiger charge is -2.42. The summed E-state index contributed by atoms with van der Waals surface area (Å²) in [5.41, 5.74) is -0.457. The summed E-state index contributed by atoms with van der Waals surface area (Å²) < 4.78 is 36.5. The monoisotopic (exact) mass is 511 g/mol. The molecule has 1 aliphatic heterocycles. The first-order chi connectivity index (χ1) is 14.8. The van der Waals surface area contributed by atoms with Gasteiger partial charge in [-0.15, -0.1) is 22.9 Å². The molecule has 1 aliphatic rings. The number of anilines is 1. The molecule has 0 radical (unpaired) electrons. The summed E-state index contributed by atoms with van der Waals surface area (Å²) in [6.07, 6.45) is -2.25. The van der Waals surface area contributed by atoms with Crippen molar-refractivity contribution in [2.24, 2.45) is 5.16 Å². The van der Waals surface area contributed by atoms with E-state index in [9.17, 15) is 27.6 Å². The molecule has 3 N–H and O–H groups in total. The van der Waals surface area contributed by atoms with E-state index in [4.69, 9.17) is 25.7 Å². The van der Waals surface area contributed by atoms with Crippen molar-refractivity contribution >= 4 is 67.8 Å². The number of thiazole rings is 1. The number of carbonyl (C=O) groups is 4. The molecule has 1 aromatic rings. The number of nitrogens with one attached hydrogen (secondary N) is 2. The Hall–Kier alpha value is -2.82. The van der Waals surface area contributed by atoms with E-state index >= 15 is 0 Å². The van der Waals surface area contributed by atoms with E-state index in [-0.39, 0.29) is 21.0 Å². The van der Waals surface area contributed by atoms with E-state index in [0.29, 0.717) is 0 Å². The van der Waals surface area contributed by atoms with Crippen LogP contribution < -0.4 is 10.6 Å². The highest BCUT2D eigenvalue weighted by atomic mass is 35.5. The number of alkyl halides is 1. The van der Waals surface area contributed by atoms with Crippen molar-refractivity contribution < 1.29 is 41.7 Å². The summed E-state index contributed by atoms with van der Waals surface area (Å²) in [5.74, 6) is -4.10. The molecule has 0 aliphatic carbocycles. The molecule has 0 unspecified atom stereocenters. The van der Waals surface area contributed by atoms with Gasteiger partial charge in [-0.25, -0.2) is 4.98 Å². The molecular weight excluding hydrogens is 494 g/mol. The highest BCUT2D eigenvalue weighted by molar-refractivity contribution is 7.84. The van der Waals surface area contributed by atoms with Gasteiger partial charge in [-0.1, -0.05) is 5.16 Å². The molecule has 1 aromatic heterocycles. The van der Waals surface area contributed by atoms with Gasteiger partial charge in [0, 0.05) is 12.3 Å². The van der Waals surface area contributed by atoms with Crippen molar-refractivity contribution in [2.45, 2.75) is 39.1 Å². The quantitative estimate of drug-likeness (QED) is 0.0968.